The molecule has 0 unspecified atom stereocenters. The number of halogens is 1. The normalized spacial score (nSPS) is 17.7. The van der Waals surface area contributed by atoms with Crippen molar-refractivity contribution in [2.75, 3.05) is 44.5 Å². The quantitative estimate of drug-likeness (QED) is 0.331. The Morgan fingerprint density at radius 3 is 2.44 bits per heavy atom. The lowest BCUT2D eigenvalue weighted by atomic mass is 9.99. The molecule has 11 nitrogen and oxygen atoms in total. The molecule has 1 aliphatic rings. The molecule has 43 heavy (non-hydrogen) atoms. The molecular formula is C30H35FN4O7S. The Labute approximate surface area is 250 Å². The van der Waals surface area contributed by atoms with E-state index in [2.05, 4.69) is 10.6 Å². The van der Waals surface area contributed by atoms with Gasteiger partial charge in [-0.2, -0.15) is 4.31 Å². The summed E-state index contributed by atoms with van der Waals surface area (Å²) in [6.07, 6.45) is -0.784. The molecule has 0 radical (unpaired) electrons. The maximum Gasteiger partial charge on any atom is 0.323 e. The van der Waals surface area contributed by atoms with E-state index in [4.69, 9.17) is 9.47 Å². The van der Waals surface area contributed by atoms with E-state index in [1.165, 1.54) is 31.2 Å². The topological polar surface area (TPSA) is 138 Å². The molecule has 13 heteroatoms. The van der Waals surface area contributed by atoms with Crippen molar-refractivity contribution >= 4 is 33.3 Å². The first-order valence-electron chi connectivity index (χ1n) is 13.6. The summed E-state index contributed by atoms with van der Waals surface area (Å²) >= 11 is 0. The van der Waals surface area contributed by atoms with Crippen LogP contribution in [0.1, 0.15) is 24.2 Å². The fourth-order valence-corrected chi connectivity index (χ4v) is 5.84. The number of hydrogen-bond acceptors (Lipinski definition) is 7. The number of rotatable bonds is 9. The number of carbonyl (C=O) groups excluding carboxylic acids is 2. The number of sulfonamides is 1. The third-order valence-corrected chi connectivity index (χ3v) is 9.08. The molecule has 0 bridgehead atoms. The first kappa shape index (κ1) is 31.7. The Balaban J connectivity index is 1.67. The summed E-state index contributed by atoms with van der Waals surface area (Å²) in [5.41, 5.74) is 0.830. The van der Waals surface area contributed by atoms with Crippen LogP contribution in [0.25, 0.3) is 0 Å². The van der Waals surface area contributed by atoms with Crippen molar-refractivity contribution in [3.8, 4) is 11.5 Å². The lowest BCUT2D eigenvalue weighted by Crippen LogP contribution is -2.50. The zero-order chi connectivity index (χ0) is 31.3. The molecule has 230 valence electrons. The predicted molar refractivity (Wildman–Crippen MR) is 159 cm³/mol. The fourth-order valence-electron chi connectivity index (χ4n) is 4.66. The molecule has 0 aromatic heterocycles. The minimum absolute atomic E-state index is 0.0663. The van der Waals surface area contributed by atoms with Crippen molar-refractivity contribution in [3.63, 3.8) is 0 Å². The van der Waals surface area contributed by atoms with E-state index in [1.807, 2.05) is 6.92 Å². The zero-order valence-corrected chi connectivity index (χ0v) is 25.1. The van der Waals surface area contributed by atoms with Gasteiger partial charge in [0.1, 0.15) is 17.7 Å². The Morgan fingerprint density at radius 1 is 1.14 bits per heavy atom. The summed E-state index contributed by atoms with van der Waals surface area (Å²) in [7, 11) is -1.09. The predicted octanol–water partition coefficient (Wildman–Crippen LogP) is 4.02. The van der Waals surface area contributed by atoms with Gasteiger partial charge in [0.25, 0.3) is 5.91 Å². The lowest BCUT2D eigenvalue weighted by Gasteiger charge is -2.38. The van der Waals surface area contributed by atoms with E-state index < -0.39 is 45.8 Å². The number of urea groups is 1. The number of aliphatic hydroxyl groups excluding tert-OH is 1. The van der Waals surface area contributed by atoms with Gasteiger partial charge >= 0.3 is 6.03 Å². The molecule has 1 heterocycles. The molecule has 0 saturated heterocycles. The smallest absolute Gasteiger partial charge is 0.323 e. The van der Waals surface area contributed by atoms with Gasteiger partial charge in [0.2, 0.25) is 10.0 Å². The number of amides is 3. The van der Waals surface area contributed by atoms with Crippen LogP contribution in [-0.4, -0.2) is 80.7 Å². The number of fused-ring (bicyclic) bond motifs is 1. The Hall–Kier alpha value is -4.20. The van der Waals surface area contributed by atoms with E-state index in [-0.39, 0.29) is 41.6 Å². The van der Waals surface area contributed by atoms with Crippen LogP contribution < -0.4 is 20.1 Å². The number of ether oxygens (including phenoxy) is 2. The molecule has 0 saturated carbocycles. The lowest BCUT2D eigenvalue weighted by molar-refractivity contribution is 0.0389. The second-order valence-corrected chi connectivity index (χ2v) is 12.4. The highest BCUT2D eigenvalue weighted by atomic mass is 32.2. The van der Waals surface area contributed by atoms with E-state index in [9.17, 15) is 27.5 Å². The van der Waals surface area contributed by atoms with Gasteiger partial charge in [-0.15, -0.1) is 0 Å². The van der Waals surface area contributed by atoms with Crippen LogP contribution in [0.5, 0.6) is 11.5 Å². The van der Waals surface area contributed by atoms with E-state index in [0.717, 1.165) is 16.4 Å². The third-order valence-electron chi connectivity index (χ3n) is 7.25. The van der Waals surface area contributed by atoms with Gasteiger partial charge in [0.15, 0.2) is 5.75 Å². The van der Waals surface area contributed by atoms with Gasteiger partial charge in [-0.25, -0.2) is 17.6 Å². The molecule has 4 rings (SSSR count). The first-order valence-corrected chi connectivity index (χ1v) is 15.0. The molecular weight excluding hydrogens is 579 g/mol. The average Bonchev–Trinajstić information content (AvgIpc) is 2.99. The van der Waals surface area contributed by atoms with Gasteiger partial charge in [-0.05, 0) is 67.6 Å². The van der Waals surface area contributed by atoms with Crippen LogP contribution in [0, 0.1) is 11.7 Å². The van der Waals surface area contributed by atoms with Crippen molar-refractivity contribution in [2.45, 2.75) is 30.9 Å². The van der Waals surface area contributed by atoms with E-state index in [1.54, 1.807) is 49.4 Å². The number of nitrogens with zero attached hydrogens (tertiary/aromatic N) is 2. The number of methoxy groups -OCH3 is 1. The second-order valence-electron chi connectivity index (χ2n) is 10.4. The highest BCUT2D eigenvalue weighted by Crippen LogP contribution is 2.35. The van der Waals surface area contributed by atoms with Crippen molar-refractivity contribution in [1.82, 2.24) is 9.21 Å². The Morgan fingerprint density at radius 2 is 1.81 bits per heavy atom. The van der Waals surface area contributed by atoms with Crippen molar-refractivity contribution in [2.24, 2.45) is 5.92 Å². The molecule has 0 aliphatic carbocycles. The van der Waals surface area contributed by atoms with Crippen LogP contribution in [0.4, 0.5) is 20.6 Å². The number of hydrogen-bond donors (Lipinski definition) is 3. The Kier molecular flexibility index (Phi) is 9.89. The average molecular weight is 615 g/mol. The number of para-hydroxylation sites is 1. The van der Waals surface area contributed by atoms with Crippen molar-refractivity contribution < 1.29 is 37.0 Å². The summed E-state index contributed by atoms with van der Waals surface area (Å²) in [5.74, 6) is -0.687. The number of carbonyl (C=O) groups is 2. The van der Waals surface area contributed by atoms with Gasteiger partial charge in [-0.1, -0.05) is 13.0 Å². The molecule has 3 atom stereocenters. The van der Waals surface area contributed by atoms with Crippen LogP contribution >= 0.6 is 0 Å². The molecule has 0 spiro atoms. The second kappa shape index (κ2) is 13.4. The number of anilines is 2. The van der Waals surface area contributed by atoms with Crippen LogP contribution in [0.2, 0.25) is 0 Å². The molecule has 3 aromatic rings. The number of likely N-dealkylation sites (N-methyl/N-ethyl adjacent to an activating group) is 1. The summed E-state index contributed by atoms with van der Waals surface area (Å²) in [4.78, 5) is 28.1. The van der Waals surface area contributed by atoms with Gasteiger partial charge in [0, 0.05) is 25.2 Å². The maximum absolute atomic E-state index is 13.7. The summed E-state index contributed by atoms with van der Waals surface area (Å²) in [5, 5.41) is 15.3. The van der Waals surface area contributed by atoms with Crippen LogP contribution in [0.3, 0.4) is 0 Å². The molecule has 3 aromatic carbocycles. The van der Waals surface area contributed by atoms with Crippen LogP contribution in [0.15, 0.2) is 71.6 Å². The summed E-state index contributed by atoms with van der Waals surface area (Å²) in [6, 6.07) is 14.8. The van der Waals surface area contributed by atoms with Crippen molar-refractivity contribution in [1.29, 1.82) is 0 Å². The minimum atomic E-state index is -4.01. The van der Waals surface area contributed by atoms with E-state index in [0.29, 0.717) is 11.4 Å². The number of nitrogens with one attached hydrogen (secondary N) is 2. The highest BCUT2D eigenvalue weighted by Gasteiger charge is 2.36. The van der Waals surface area contributed by atoms with Gasteiger partial charge < -0.3 is 30.1 Å². The number of aliphatic hydroxyl groups is 1. The SMILES string of the molecule is COc1ccc(NC(=O)Nc2cccc3c2O[C@H](CN(C)S(=O)(=O)c2ccc(F)cc2)[C@H](C)CN([C@@H](C)CO)C3=O)cc1. The van der Waals surface area contributed by atoms with E-state index >= 15 is 0 Å². The van der Waals surface area contributed by atoms with Crippen LogP contribution in [-0.2, 0) is 10.0 Å². The number of benzene rings is 3. The zero-order valence-electron chi connectivity index (χ0n) is 24.3. The third kappa shape index (κ3) is 7.24. The molecule has 0 fully saturated rings. The molecule has 1 aliphatic heterocycles. The highest BCUT2D eigenvalue weighted by molar-refractivity contribution is 7.89. The maximum atomic E-state index is 13.7. The van der Waals surface area contributed by atoms with Gasteiger partial charge in [0.05, 0.1) is 42.4 Å². The largest absolute Gasteiger partial charge is 0.497 e. The minimum Gasteiger partial charge on any atom is -0.497 e. The van der Waals surface area contributed by atoms with Crippen molar-refractivity contribution in [3.05, 3.63) is 78.1 Å². The Bertz CT molecular complexity index is 1550. The van der Waals surface area contributed by atoms with Gasteiger partial charge in [-0.3, -0.25) is 4.79 Å². The molecule has 3 amide bonds. The standard InChI is InChI=1S/C30H35FN4O7S/c1-19-16-35(20(2)18-36)29(37)25-6-5-7-26(33-30(38)32-22-10-12-23(41-4)13-11-22)28(25)42-27(19)17-34(3)43(39,40)24-14-8-21(31)9-15-24/h5-15,19-20,27,36H,16-18H2,1-4H3,(H2,32,33,38)/t19-,20+,27-/m1/s1. The first-order chi connectivity index (χ1) is 20.4. The summed E-state index contributed by atoms with van der Waals surface area (Å²) in [6.45, 7) is 3.27. The monoisotopic (exact) mass is 614 g/mol. The summed E-state index contributed by atoms with van der Waals surface area (Å²) < 4.78 is 52.7. The fraction of sp³-hybridized carbons (Fsp3) is 0.333. The molecule has 3 N–H and O–H groups in total.